The molecule has 1 aliphatic carbocycles. The SMILES string of the molecule is Cc1cc2[nH]ncc2c2c1C1CC1COC(=O)OC1CCCN(C1)c1nc(OC[C@@]34CCCN3C[C@H](F)C4)nc3c(F)c-2ncc13. The summed E-state index contributed by atoms with van der Waals surface area (Å²) in [4.78, 5) is 31.1. The van der Waals surface area contributed by atoms with Crippen molar-refractivity contribution in [1.82, 2.24) is 30.0 Å². The summed E-state index contributed by atoms with van der Waals surface area (Å²) >= 11 is 0. The quantitative estimate of drug-likeness (QED) is 0.302. The highest BCUT2D eigenvalue weighted by molar-refractivity contribution is 6.00. The minimum atomic E-state index is -0.902. The first-order valence-corrected chi connectivity index (χ1v) is 16.3. The predicted octanol–water partition coefficient (Wildman–Crippen LogP) is 5.21. The number of ether oxygens (including phenoxy) is 3. The van der Waals surface area contributed by atoms with E-state index in [9.17, 15) is 9.18 Å². The number of aromatic nitrogens is 5. The fourth-order valence-corrected chi connectivity index (χ4v) is 8.48. The molecule has 4 aromatic rings. The van der Waals surface area contributed by atoms with Gasteiger partial charge in [-0.15, -0.1) is 0 Å². The van der Waals surface area contributed by atoms with Gasteiger partial charge >= 0.3 is 12.2 Å². The Morgan fingerprint density at radius 2 is 2.09 bits per heavy atom. The molecule has 4 fully saturated rings. The Morgan fingerprint density at radius 1 is 1.17 bits per heavy atom. The van der Waals surface area contributed by atoms with Crippen molar-refractivity contribution in [2.75, 3.05) is 44.3 Å². The third-order valence-corrected chi connectivity index (χ3v) is 10.8. The molecule has 6 aliphatic rings. The number of piperidine rings is 1. The molecular formula is C33H35F2N7O4. The Kier molecular flexibility index (Phi) is 6.38. The van der Waals surface area contributed by atoms with Crippen molar-refractivity contribution in [3.63, 3.8) is 0 Å². The summed E-state index contributed by atoms with van der Waals surface area (Å²) in [6, 6.07) is 2.05. The molecule has 10 rings (SSSR count). The molecule has 5 aliphatic heterocycles. The Bertz CT molecular complexity index is 1890. The first kappa shape index (κ1) is 28.1. The van der Waals surface area contributed by atoms with E-state index in [1.807, 2.05) is 17.9 Å². The average Bonchev–Trinajstić information content (AvgIpc) is 3.29. The highest BCUT2D eigenvalue weighted by Crippen LogP contribution is 2.53. The van der Waals surface area contributed by atoms with Gasteiger partial charge < -0.3 is 19.1 Å². The van der Waals surface area contributed by atoms with E-state index in [0.717, 1.165) is 54.3 Å². The zero-order valence-electron chi connectivity index (χ0n) is 25.6. The molecule has 0 amide bonds. The van der Waals surface area contributed by atoms with Crippen molar-refractivity contribution in [3.8, 4) is 17.3 Å². The summed E-state index contributed by atoms with van der Waals surface area (Å²) in [6.07, 6.45) is 5.75. The highest BCUT2D eigenvalue weighted by Gasteiger charge is 2.49. The minimum Gasteiger partial charge on any atom is -0.461 e. The van der Waals surface area contributed by atoms with Gasteiger partial charge in [0.05, 0.1) is 35.8 Å². The molecule has 0 radical (unpaired) electrons. The molecule has 1 aromatic carbocycles. The number of pyridine rings is 1. The zero-order chi connectivity index (χ0) is 31.2. The Hall–Kier alpha value is -4.13. The number of hydrogen-bond acceptors (Lipinski definition) is 10. The molecule has 8 heterocycles. The van der Waals surface area contributed by atoms with Crippen LogP contribution in [0.5, 0.6) is 6.01 Å². The van der Waals surface area contributed by atoms with E-state index in [4.69, 9.17) is 24.2 Å². The van der Waals surface area contributed by atoms with Gasteiger partial charge in [-0.25, -0.2) is 13.6 Å². The van der Waals surface area contributed by atoms with Gasteiger partial charge in [0.25, 0.3) is 0 Å². The van der Waals surface area contributed by atoms with Crippen molar-refractivity contribution >= 4 is 33.8 Å². The summed E-state index contributed by atoms with van der Waals surface area (Å²) < 4.78 is 49.2. The second-order valence-electron chi connectivity index (χ2n) is 13.7. The minimum absolute atomic E-state index is 0.0332. The fourth-order valence-electron chi connectivity index (χ4n) is 8.48. The topological polar surface area (TPSA) is 119 Å². The van der Waals surface area contributed by atoms with Crippen LogP contribution in [-0.4, -0.2) is 93.4 Å². The summed E-state index contributed by atoms with van der Waals surface area (Å²) in [5.74, 6) is 0.0292. The van der Waals surface area contributed by atoms with Crippen LogP contribution in [0.15, 0.2) is 18.5 Å². The number of fused-ring (bicyclic) bond motifs is 6. The number of nitrogens with zero attached hydrogens (tertiary/aromatic N) is 6. The maximum Gasteiger partial charge on any atom is 0.508 e. The fraction of sp³-hybridized carbons (Fsp3) is 0.545. The van der Waals surface area contributed by atoms with Crippen molar-refractivity contribution in [3.05, 3.63) is 35.4 Å². The summed E-state index contributed by atoms with van der Waals surface area (Å²) in [7, 11) is 0. The second-order valence-corrected chi connectivity index (χ2v) is 13.7. The standard InChI is InChI=1S/C33H35F2N7O4/c1-17-8-24-22(12-37-40-24)26-25(17)21-9-18(21)15-44-32(43)46-20-4-2-6-41(14-20)30-23-11-36-29(26)27(35)28(23)38-31(39-30)45-16-33-5-3-7-42(33)13-19(34)10-33/h8,11-12,18-21H,2-7,9-10,13-16H2,1H3,(H,37,40)/t18?,19-,20?,21?,33+/m1/s1. The third-order valence-electron chi connectivity index (χ3n) is 10.8. The van der Waals surface area contributed by atoms with Crippen LogP contribution in [0.3, 0.4) is 0 Å². The predicted molar refractivity (Wildman–Crippen MR) is 164 cm³/mol. The number of carbonyl (C=O) groups excluding carboxylic acids is 1. The van der Waals surface area contributed by atoms with Crippen molar-refractivity contribution in [1.29, 1.82) is 0 Å². The summed E-state index contributed by atoms with van der Waals surface area (Å²) in [5.41, 5.74) is 3.24. The molecular weight excluding hydrogens is 596 g/mol. The number of H-pyrrole nitrogens is 1. The molecule has 3 unspecified atom stereocenters. The molecule has 1 saturated carbocycles. The van der Waals surface area contributed by atoms with E-state index in [-0.39, 0.29) is 42.3 Å². The van der Waals surface area contributed by atoms with E-state index >= 15 is 4.39 Å². The number of hydrogen-bond donors (Lipinski definition) is 1. The van der Waals surface area contributed by atoms with Crippen molar-refractivity contribution in [2.45, 2.75) is 69.2 Å². The van der Waals surface area contributed by atoms with Gasteiger partial charge in [-0.2, -0.15) is 15.1 Å². The van der Waals surface area contributed by atoms with Crippen LogP contribution < -0.4 is 9.64 Å². The molecule has 13 heteroatoms. The number of carbonyl (C=O) groups is 1. The lowest BCUT2D eigenvalue weighted by Crippen LogP contribution is -2.43. The van der Waals surface area contributed by atoms with Gasteiger partial charge in [-0.05, 0) is 68.7 Å². The molecule has 46 heavy (non-hydrogen) atoms. The Labute approximate surface area is 263 Å². The normalized spacial score (nSPS) is 29.1. The molecule has 5 atom stereocenters. The van der Waals surface area contributed by atoms with Crippen LogP contribution in [-0.2, 0) is 9.47 Å². The molecule has 240 valence electrons. The number of nitrogens with one attached hydrogen (secondary N) is 1. The number of anilines is 1. The summed E-state index contributed by atoms with van der Waals surface area (Å²) in [6.45, 7) is 4.65. The van der Waals surface area contributed by atoms with Gasteiger partial charge in [-0.3, -0.25) is 15.0 Å². The number of alkyl halides is 1. The molecule has 3 aromatic heterocycles. The largest absolute Gasteiger partial charge is 0.508 e. The van der Waals surface area contributed by atoms with Crippen LogP contribution in [0.2, 0.25) is 0 Å². The van der Waals surface area contributed by atoms with Gasteiger partial charge in [0.2, 0.25) is 0 Å². The molecule has 11 nitrogen and oxygen atoms in total. The number of aryl methyl sites for hydroxylation is 1. The number of aromatic amines is 1. The highest BCUT2D eigenvalue weighted by atomic mass is 19.1. The van der Waals surface area contributed by atoms with Crippen LogP contribution in [0, 0.1) is 18.7 Å². The van der Waals surface area contributed by atoms with Crippen LogP contribution in [0.1, 0.15) is 55.6 Å². The maximum absolute atomic E-state index is 17.1. The van der Waals surface area contributed by atoms with E-state index in [1.54, 1.807) is 12.4 Å². The van der Waals surface area contributed by atoms with Gasteiger partial charge in [-0.1, -0.05) is 0 Å². The summed E-state index contributed by atoms with van der Waals surface area (Å²) in [5, 5.41) is 8.49. The van der Waals surface area contributed by atoms with Gasteiger partial charge in [0.15, 0.2) is 5.82 Å². The lowest BCUT2D eigenvalue weighted by Gasteiger charge is -2.34. The number of halogens is 2. The second kappa shape index (κ2) is 10.4. The lowest BCUT2D eigenvalue weighted by atomic mass is 9.91. The van der Waals surface area contributed by atoms with Crippen LogP contribution in [0.4, 0.5) is 19.4 Å². The first-order valence-electron chi connectivity index (χ1n) is 16.3. The smallest absolute Gasteiger partial charge is 0.461 e. The Balaban J connectivity index is 1.22. The molecule has 3 saturated heterocycles. The zero-order valence-corrected chi connectivity index (χ0v) is 25.6. The first-order chi connectivity index (χ1) is 22.4. The average molecular weight is 632 g/mol. The maximum atomic E-state index is 17.1. The number of benzene rings is 1. The monoisotopic (exact) mass is 631 g/mol. The van der Waals surface area contributed by atoms with E-state index < -0.39 is 29.8 Å². The van der Waals surface area contributed by atoms with Gasteiger partial charge in [0.1, 0.15) is 35.9 Å². The molecule has 1 N–H and O–H groups in total. The van der Waals surface area contributed by atoms with E-state index in [0.29, 0.717) is 49.2 Å². The van der Waals surface area contributed by atoms with Gasteiger partial charge in [0, 0.05) is 42.6 Å². The van der Waals surface area contributed by atoms with Crippen LogP contribution in [0.25, 0.3) is 33.1 Å². The third kappa shape index (κ3) is 4.49. The van der Waals surface area contributed by atoms with Crippen LogP contribution >= 0.6 is 0 Å². The Morgan fingerprint density at radius 3 is 3.00 bits per heavy atom. The molecule has 0 spiro atoms. The number of rotatable bonds is 3. The van der Waals surface area contributed by atoms with Crippen molar-refractivity contribution < 1.29 is 27.8 Å². The van der Waals surface area contributed by atoms with Crippen molar-refractivity contribution in [2.24, 2.45) is 5.92 Å². The van der Waals surface area contributed by atoms with E-state index in [2.05, 4.69) is 20.1 Å². The molecule has 6 bridgehead atoms. The van der Waals surface area contributed by atoms with E-state index in [1.165, 1.54) is 0 Å². The lowest BCUT2D eigenvalue weighted by molar-refractivity contribution is 0.0165.